The summed E-state index contributed by atoms with van der Waals surface area (Å²) in [7, 11) is 0. The first kappa shape index (κ1) is 21.0. The highest BCUT2D eigenvalue weighted by molar-refractivity contribution is 6.03. The molecule has 32 heavy (non-hydrogen) atoms. The summed E-state index contributed by atoms with van der Waals surface area (Å²) in [5.41, 5.74) is 2.98. The van der Waals surface area contributed by atoms with Gasteiger partial charge in [-0.1, -0.05) is 13.0 Å². The molecule has 2 fully saturated rings. The molecule has 0 aliphatic carbocycles. The van der Waals surface area contributed by atoms with Crippen molar-refractivity contribution in [2.45, 2.75) is 38.8 Å². The second-order valence-corrected chi connectivity index (χ2v) is 9.41. The third-order valence-corrected chi connectivity index (χ3v) is 6.69. The van der Waals surface area contributed by atoms with Crippen LogP contribution >= 0.6 is 0 Å². The number of hydrogen-bond donors (Lipinski definition) is 1. The van der Waals surface area contributed by atoms with Gasteiger partial charge in [-0.25, -0.2) is 4.79 Å². The van der Waals surface area contributed by atoms with Gasteiger partial charge < -0.3 is 19.5 Å². The maximum atomic E-state index is 13.2. The summed E-state index contributed by atoms with van der Waals surface area (Å²) in [5, 5.41) is 14.3. The Kier molecular flexibility index (Phi) is 5.17. The molecule has 3 aliphatic rings. The lowest BCUT2D eigenvalue weighted by Crippen LogP contribution is -2.52. The lowest BCUT2D eigenvalue weighted by atomic mass is 9.83. The molecule has 9 nitrogen and oxygen atoms in total. The zero-order valence-corrected chi connectivity index (χ0v) is 18.4. The molecule has 1 aromatic heterocycles. The lowest BCUT2D eigenvalue weighted by Gasteiger charge is -2.42. The fraction of sp³-hybridized carbons (Fsp3) is 0.522. The first-order valence-electron chi connectivity index (χ1n) is 11.0. The van der Waals surface area contributed by atoms with Crippen molar-refractivity contribution in [1.82, 2.24) is 9.78 Å². The zero-order chi connectivity index (χ0) is 22.5. The lowest BCUT2D eigenvalue weighted by molar-refractivity contribution is -0.126. The van der Waals surface area contributed by atoms with Gasteiger partial charge >= 0.3 is 6.09 Å². The number of amides is 2. The number of ether oxygens (including phenoxy) is 2. The van der Waals surface area contributed by atoms with Crippen LogP contribution in [-0.4, -0.2) is 65.9 Å². The monoisotopic (exact) mass is 440 g/mol. The maximum Gasteiger partial charge on any atom is 0.411 e. The minimum absolute atomic E-state index is 0.0162. The van der Waals surface area contributed by atoms with Crippen molar-refractivity contribution in [3.8, 4) is 11.1 Å². The van der Waals surface area contributed by atoms with E-state index in [4.69, 9.17) is 9.47 Å². The van der Waals surface area contributed by atoms with Crippen LogP contribution in [0.5, 0.6) is 0 Å². The Bertz CT molecular complexity index is 1040. The normalized spacial score (nSPS) is 22.1. The van der Waals surface area contributed by atoms with Crippen LogP contribution in [0.2, 0.25) is 0 Å². The highest BCUT2D eigenvalue weighted by atomic mass is 16.5. The van der Waals surface area contributed by atoms with Crippen LogP contribution in [-0.2, 0) is 14.3 Å². The van der Waals surface area contributed by atoms with E-state index in [9.17, 15) is 14.7 Å². The molecule has 1 N–H and O–H groups in total. The summed E-state index contributed by atoms with van der Waals surface area (Å²) in [6, 6.07) is 5.62. The van der Waals surface area contributed by atoms with Gasteiger partial charge in [0.15, 0.2) is 0 Å². The molecule has 0 unspecified atom stereocenters. The average molecular weight is 441 g/mol. The number of carbonyl (C=O) groups excluding carboxylic acids is 1. The molecule has 1 atom stereocenters. The Morgan fingerprint density at radius 3 is 2.59 bits per heavy atom. The third kappa shape index (κ3) is 3.65. The Morgan fingerprint density at radius 2 is 1.97 bits per heavy atom. The number of anilines is 2. The molecule has 0 saturated carbocycles. The van der Waals surface area contributed by atoms with E-state index in [1.807, 2.05) is 36.0 Å². The zero-order valence-electron chi connectivity index (χ0n) is 18.4. The molecule has 9 heteroatoms. The standard InChI is InChI=1S/C23H28N4O5/c1-15-9-25(22(29)30)20-7-16(17-8-24-26(10-17)18-11-31-12-18)3-4-19(20)27(15)21(28)5-6-23(2)13-32-14-23/h3-4,7-8,10,15,18H,5-6,9,11-14H2,1-2H3,(H,29,30)/t15-/m0/s1. The fourth-order valence-corrected chi connectivity index (χ4v) is 4.55. The van der Waals surface area contributed by atoms with E-state index in [2.05, 4.69) is 12.0 Å². The van der Waals surface area contributed by atoms with Gasteiger partial charge in [0, 0.05) is 30.1 Å². The first-order valence-corrected chi connectivity index (χ1v) is 11.0. The number of rotatable bonds is 5. The van der Waals surface area contributed by atoms with Crippen molar-refractivity contribution in [3.05, 3.63) is 30.6 Å². The van der Waals surface area contributed by atoms with Gasteiger partial charge in [-0.05, 0) is 31.0 Å². The van der Waals surface area contributed by atoms with E-state index in [-0.39, 0.29) is 30.0 Å². The molecule has 5 rings (SSSR count). The topological polar surface area (TPSA) is 97.1 Å². The molecule has 3 aliphatic heterocycles. The van der Waals surface area contributed by atoms with Crippen LogP contribution in [0.1, 0.15) is 32.7 Å². The Balaban J connectivity index is 1.44. The van der Waals surface area contributed by atoms with Crippen molar-refractivity contribution in [2.75, 3.05) is 42.8 Å². The van der Waals surface area contributed by atoms with Gasteiger partial charge in [0.1, 0.15) is 0 Å². The predicted octanol–water partition coefficient (Wildman–Crippen LogP) is 3.16. The largest absolute Gasteiger partial charge is 0.465 e. The van der Waals surface area contributed by atoms with E-state index >= 15 is 0 Å². The molecule has 170 valence electrons. The summed E-state index contributed by atoms with van der Waals surface area (Å²) < 4.78 is 12.4. The van der Waals surface area contributed by atoms with Crippen LogP contribution in [0.15, 0.2) is 30.6 Å². The molecule has 0 radical (unpaired) electrons. The van der Waals surface area contributed by atoms with Crippen LogP contribution in [0.3, 0.4) is 0 Å². The number of carboxylic acid groups (broad SMARTS) is 1. The number of aromatic nitrogens is 2. The molecule has 2 saturated heterocycles. The SMILES string of the molecule is C[C@H]1CN(C(=O)O)c2cc(-c3cnn(C4COC4)c3)ccc2N1C(=O)CCC1(C)COC1. The van der Waals surface area contributed by atoms with E-state index in [1.165, 1.54) is 4.90 Å². The summed E-state index contributed by atoms with van der Waals surface area (Å²) in [4.78, 5) is 28.3. The minimum Gasteiger partial charge on any atom is -0.465 e. The molecule has 2 amide bonds. The predicted molar refractivity (Wildman–Crippen MR) is 118 cm³/mol. The Labute approximate surface area is 186 Å². The Morgan fingerprint density at radius 1 is 1.19 bits per heavy atom. The van der Waals surface area contributed by atoms with Crippen molar-refractivity contribution >= 4 is 23.4 Å². The van der Waals surface area contributed by atoms with Gasteiger partial charge in [0.05, 0.1) is 56.1 Å². The van der Waals surface area contributed by atoms with E-state index in [0.29, 0.717) is 44.2 Å². The number of carbonyl (C=O) groups is 2. The van der Waals surface area contributed by atoms with Crippen molar-refractivity contribution < 1.29 is 24.2 Å². The van der Waals surface area contributed by atoms with Crippen molar-refractivity contribution in [1.29, 1.82) is 0 Å². The van der Waals surface area contributed by atoms with E-state index in [0.717, 1.165) is 17.5 Å². The molecule has 0 spiro atoms. The number of fused-ring (bicyclic) bond motifs is 1. The third-order valence-electron chi connectivity index (χ3n) is 6.69. The van der Waals surface area contributed by atoms with Crippen molar-refractivity contribution in [2.24, 2.45) is 5.41 Å². The van der Waals surface area contributed by atoms with Crippen LogP contribution in [0.4, 0.5) is 16.2 Å². The average Bonchev–Trinajstić information content (AvgIpc) is 3.17. The highest BCUT2D eigenvalue weighted by Gasteiger charge is 2.38. The summed E-state index contributed by atoms with van der Waals surface area (Å²) >= 11 is 0. The summed E-state index contributed by atoms with van der Waals surface area (Å²) in [5.74, 6) is 0.0162. The van der Waals surface area contributed by atoms with Gasteiger partial charge in [0.25, 0.3) is 0 Å². The minimum atomic E-state index is -1.02. The molecule has 4 heterocycles. The van der Waals surface area contributed by atoms with E-state index in [1.54, 1.807) is 11.1 Å². The molecular formula is C23H28N4O5. The molecule has 0 bridgehead atoms. The summed E-state index contributed by atoms with van der Waals surface area (Å²) in [6.45, 7) is 6.93. The molecule has 2 aromatic rings. The number of nitrogens with zero attached hydrogens (tertiary/aromatic N) is 4. The smallest absolute Gasteiger partial charge is 0.411 e. The van der Waals surface area contributed by atoms with Crippen LogP contribution in [0.25, 0.3) is 11.1 Å². The van der Waals surface area contributed by atoms with Gasteiger partial charge in [-0.2, -0.15) is 5.10 Å². The van der Waals surface area contributed by atoms with Gasteiger partial charge in [-0.15, -0.1) is 0 Å². The maximum absolute atomic E-state index is 13.2. The van der Waals surface area contributed by atoms with Gasteiger partial charge in [-0.3, -0.25) is 14.4 Å². The number of hydrogen-bond acceptors (Lipinski definition) is 5. The first-order chi connectivity index (χ1) is 15.3. The highest BCUT2D eigenvalue weighted by Crippen LogP contribution is 2.40. The second kappa shape index (κ2) is 7.90. The quantitative estimate of drug-likeness (QED) is 0.767. The van der Waals surface area contributed by atoms with Gasteiger partial charge in [0.2, 0.25) is 5.91 Å². The number of benzene rings is 1. The molecule has 1 aromatic carbocycles. The van der Waals surface area contributed by atoms with E-state index < -0.39 is 6.09 Å². The van der Waals surface area contributed by atoms with Crippen molar-refractivity contribution in [3.63, 3.8) is 0 Å². The molecular weight excluding hydrogens is 412 g/mol. The van der Waals surface area contributed by atoms with Crippen LogP contribution in [0, 0.1) is 5.41 Å². The Hall–Kier alpha value is -2.91. The fourth-order valence-electron chi connectivity index (χ4n) is 4.55. The summed E-state index contributed by atoms with van der Waals surface area (Å²) in [6.07, 6.45) is 3.88. The second-order valence-electron chi connectivity index (χ2n) is 9.41. The van der Waals surface area contributed by atoms with Crippen LogP contribution < -0.4 is 9.80 Å².